The molecule has 0 N–H and O–H groups in total. The highest BCUT2D eigenvalue weighted by atomic mass is 16.5. The predicted molar refractivity (Wildman–Crippen MR) is 381 cm³/mol. The molecule has 0 atom stereocenters. The van der Waals surface area contributed by atoms with Crippen LogP contribution >= 0.6 is 0 Å². The van der Waals surface area contributed by atoms with E-state index in [0.29, 0.717) is 11.4 Å². The van der Waals surface area contributed by atoms with Gasteiger partial charge in [-0.3, -0.25) is 0 Å². The van der Waals surface area contributed by atoms with Crippen LogP contribution in [0.2, 0.25) is 0 Å². The van der Waals surface area contributed by atoms with Crippen LogP contribution in [-0.4, -0.2) is 18.0 Å². The van der Waals surface area contributed by atoms with Gasteiger partial charge in [0.1, 0.15) is 11.5 Å². The van der Waals surface area contributed by atoms with Gasteiger partial charge in [0.2, 0.25) is 0 Å². The van der Waals surface area contributed by atoms with Gasteiger partial charge in [0.05, 0.1) is 27.7 Å². The van der Waals surface area contributed by atoms with Crippen LogP contribution < -0.4 is 52.2 Å². The second-order valence-electron chi connectivity index (χ2n) is 27.5. The lowest BCUT2D eigenvalue weighted by molar-refractivity contribution is 0.488. The molecule has 0 radical (unpaired) electrons. The first-order valence-corrected chi connectivity index (χ1v) is 31.3. The van der Waals surface area contributed by atoms with Gasteiger partial charge in [-0.2, -0.15) is 0 Å². The summed E-state index contributed by atoms with van der Waals surface area (Å²) < 4.78 is 84.6. The van der Waals surface area contributed by atoms with Crippen LogP contribution in [0.25, 0.3) is 49.7 Å². The zero-order chi connectivity index (χ0) is 67.7. The van der Waals surface area contributed by atoms with Gasteiger partial charge < -0.3 is 24.0 Å². The highest BCUT2D eigenvalue weighted by Crippen LogP contribution is 2.55. The Morgan fingerprint density at radius 1 is 0.389 bits per heavy atom. The molecule has 5 aliphatic rings. The summed E-state index contributed by atoms with van der Waals surface area (Å²) >= 11 is 0. The summed E-state index contributed by atoms with van der Waals surface area (Å²) in [7, 11) is 0. The number of anilines is 9. The molecule has 4 aliphatic heterocycles. The fourth-order valence-electron chi connectivity index (χ4n) is 15.8. The number of benzene rings is 12. The lowest BCUT2D eigenvalue weighted by atomic mass is 9.30. The first-order valence-electron chi connectivity index (χ1n) is 35.3. The van der Waals surface area contributed by atoms with E-state index in [1.54, 1.807) is 4.57 Å². The largest absolute Gasteiger partial charge is 0.458 e. The van der Waals surface area contributed by atoms with Crippen molar-refractivity contribution in [1.29, 1.82) is 0 Å². The Balaban J connectivity index is 0.973. The van der Waals surface area contributed by atoms with Gasteiger partial charge in [-0.25, -0.2) is 0 Å². The van der Waals surface area contributed by atoms with Crippen LogP contribution in [-0.2, 0) is 16.2 Å². The van der Waals surface area contributed by atoms with Gasteiger partial charge in [-0.05, 0) is 173 Å². The van der Waals surface area contributed by atoms with Gasteiger partial charge in [0, 0.05) is 73.4 Å². The number of rotatable bonds is 5. The maximum atomic E-state index is 9.80. The Bertz CT molecular complexity index is 5590. The van der Waals surface area contributed by atoms with E-state index in [4.69, 9.17) is 7.48 Å². The van der Waals surface area contributed by atoms with Crippen molar-refractivity contribution < 1.29 is 15.7 Å². The summed E-state index contributed by atoms with van der Waals surface area (Å²) in [6.07, 6.45) is 0. The van der Waals surface area contributed by atoms with Crippen LogP contribution in [0.15, 0.2) is 255 Å². The molecule has 12 aromatic carbocycles. The first-order chi connectivity index (χ1) is 47.0. The molecular formula is C83H66B2N4O. The van der Waals surface area contributed by atoms with Crippen molar-refractivity contribution in [2.24, 2.45) is 0 Å². The number of para-hydroxylation sites is 6. The predicted octanol–water partition coefficient (Wildman–Crippen LogP) is 17.8. The molecule has 0 amide bonds. The van der Waals surface area contributed by atoms with E-state index < -0.39 is 30.9 Å². The van der Waals surface area contributed by atoms with Crippen molar-refractivity contribution >= 4 is 119 Å². The molecule has 0 fully saturated rings. The van der Waals surface area contributed by atoms with E-state index in [0.717, 1.165) is 112 Å². The molecule has 5 nitrogen and oxygen atoms in total. The fraction of sp³-hybridized carbons (Fsp3) is 0.133. The Morgan fingerprint density at radius 3 is 1.51 bits per heavy atom. The van der Waals surface area contributed by atoms with E-state index in [1.807, 2.05) is 18.2 Å². The number of fused-ring (bicyclic) bond motifs is 14. The average Bonchev–Trinajstić information content (AvgIpc) is 0.908. The summed E-state index contributed by atoms with van der Waals surface area (Å²) in [5.41, 5.74) is 23.7. The number of aromatic nitrogens is 1. The normalized spacial score (nSPS) is 15.8. The molecule has 430 valence electrons. The van der Waals surface area contributed by atoms with E-state index in [1.165, 1.54) is 22.3 Å². The minimum atomic E-state index is -0.496. The number of ether oxygens (including phenoxy) is 1. The minimum absolute atomic E-state index is 0.0133. The second-order valence-corrected chi connectivity index (χ2v) is 27.5. The molecule has 1 aromatic heterocycles. The Hall–Kier alpha value is -10.2. The molecule has 0 saturated carbocycles. The van der Waals surface area contributed by atoms with Gasteiger partial charge in [-0.15, -0.1) is 0 Å². The van der Waals surface area contributed by atoms with Crippen LogP contribution in [0, 0.1) is 0 Å². The van der Waals surface area contributed by atoms with E-state index in [2.05, 4.69) is 258 Å². The maximum absolute atomic E-state index is 9.80. The molecule has 0 unspecified atom stereocenters. The van der Waals surface area contributed by atoms with Crippen molar-refractivity contribution in [1.82, 2.24) is 4.57 Å². The molecule has 5 heterocycles. The molecule has 0 spiro atoms. The Morgan fingerprint density at radius 2 is 0.900 bits per heavy atom. The third-order valence-corrected chi connectivity index (χ3v) is 19.9. The van der Waals surface area contributed by atoms with Crippen LogP contribution in [0.1, 0.15) is 88.6 Å². The molecule has 0 bridgehead atoms. The fourth-order valence-corrected chi connectivity index (χ4v) is 15.8. The second kappa shape index (κ2) is 18.9. The standard InChI is InChI=1S/C83H66B2N4O/c1-81(2,3)52-44-53(82(4,5)6)46-56(45-52)89-72-50-76-67(49-66(72)84-64-36-19-23-40-70(64)87(55-28-13-10-14-29-55)74-47-57(48-75(89)79(74)84)88-68-38-21-16-31-60(68)61-32-17-22-39-69(61)88)85-65-37-20-24-41-71(65)86(54-26-11-9-12-27-54)73-42-51(43-77(90-76)80(73)85)58-33-25-34-62-59-30-15-18-35-63(59)83(7,8)78(58)62/h9-50H,1-8H3/i16D,17D,21D,22D,31D,32D,38D,39D. The number of hydrogen-bond acceptors (Lipinski definition) is 4. The topological polar surface area (TPSA) is 23.9 Å². The maximum Gasteiger partial charge on any atom is 0.256 e. The number of nitrogens with zero attached hydrogens (tertiary/aromatic N) is 4. The van der Waals surface area contributed by atoms with Crippen molar-refractivity contribution in [2.45, 2.75) is 71.6 Å². The molecule has 90 heavy (non-hydrogen) atoms. The van der Waals surface area contributed by atoms with E-state index in [9.17, 15) is 8.22 Å². The number of hydrogen-bond donors (Lipinski definition) is 0. The highest BCUT2D eigenvalue weighted by molar-refractivity contribution is 7.02. The minimum Gasteiger partial charge on any atom is -0.458 e. The lowest BCUT2D eigenvalue weighted by Crippen LogP contribution is -2.64. The third kappa shape index (κ3) is 7.53. The van der Waals surface area contributed by atoms with Crippen molar-refractivity contribution in [3.05, 3.63) is 277 Å². The summed E-state index contributed by atoms with van der Waals surface area (Å²) in [5.74, 6) is 1.46. The molecular weight excluding hydrogens is 1090 g/mol. The van der Waals surface area contributed by atoms with Gasteiger partial charge >= 0.3 is 0 Å². The third-order valence-electron chi connectivity index (χ3n) is 19.9. The lowest BCUT2D eigenvalue weighted by Gasteiger charge is -2.46. The van der Waals surface area contributed by atoms with Gasteiger partial charge in [0.15, 0.2) is 0 Å². The zero-order valence-electron chi connectivity index (χ0n) is 59.5. The van der Waals surface area contributed by atoms with Crippen LogP contribution in [0.5, 0.6) is 11.5 Å². The highest BCUT2D eigenvalue weighted by Gasteiger charge is 2.49. The molecule has 1 aliphatic carbocycles. The monoisotopic (exact) mass is 1160 g/mol. The molecule has 0 saturated heterocycles. The average molecular weight is 1170 g/mol. The SMILES string of the molecule is [2H]c1c([2H])c([2H])c2c(c1[2H])c1c([2H])c([2H])c([2H])c([2H])c1n2-c1cc2c3c(c1)N(c1cc(C(C)(C)C)cc(C(C)(C)C)c1)c1cc4c(cc1B3c1ccccc1N2c1ccccc1)B1c2ccccc2N(c2ccccc2)c2cc(-c3cccc5c3C(C)(C)c3ccccc3-5)cc(c21)O4. The van der Waals surface area contributed by atoms with Crippen LogP contribution in [0.4, 0.5) is 51.2 Å². The molecule has 7 heteroatoms. The molecule has 18 rings (SSSR count). The van der Waals surface area contributed by atoms with Gasteiger partial charge in [0.25, 0.3) is 13.4 Å². The van der Waals surface area contributed by atoms with Crippen molar-refractivity contribution in [2.75, 3.05) is 14.7 Å². The summed E-state index contributed by atoms with van der Waals surface area (Å²) in [6, 6.07) is 70.9. The summed E-state index contributed by atoms with van der Waals surface area (Å²) in [4.78, 5) is 7.07. The first kappa shape index (κ1) is 45.1. The molecule has 13 aromatic rings. The smallest absolute Gasteiger partial charge is 0.256 e. The summed E-state index contributed by atoms with van der Waals surface area (Å²) in [5, 5.41) is 0.0267. The summed E-state index contributed by atoms with van der Waals surface area (Å²) in [6.45, 7) is 17.5. The van der Waals surface area contributed by atoms with E-state index in [-0.39, 0.29) is 68.9 Å². The Labute approximate surface area is 539 Å². The quantitative estimate of drug-likeness (QED) is 0.160. The van der Waals surface area contributed by atoms with Crippen molar-refractivity contribution in [3.8, 4) is 39.4 Å². The van der Waals surface area contributed by atoms with Crippen LogP contribution in [0.3, 0.4) is 0 Å². The Kier molecular flexibility index (Phi) is 9.47. The van der Waals surface area contributed by atoms with E-state index >= 15 is 0 Å². The zero-order valence-corrected chi connectivity index (χ0v) is 51.5. The van der Waals surface area contributed by atoms with Gasteiger partial charge in [-0.1, -0.05) is 219 Å². The van der Waals surface area contributed by atoms with Crippen molar-refractivity contribution in [3.63, 3.8) is 0 Å².